The Morgan fingerprint density at radius 2 is 1.43 bits per heavy atom. The maximum absolute atomic E-state index is 12.9. The lowest BCUT2D eigenvalue weighted by Crippen LogP contribution is -2.50. The summed E-state index contributed by atoms with van der Waals surface area (Å²) in [5.41, 5.74) is 1.50. The van der Waals surface area contributed by atoms with Gasteiger partial charge in [0, 0.05) is 19.6 Å². The fourth-order valence-corrected chi connectivity index (χ4v) is 3.41. The van der Waals surface area contributed by atoms with Crippen LogP contribution in [0.1, 0.15) is 18.1 Å². The van der Waals surface area contributed by atoms with Gasteiger partial charge in [0.25, 0.3) is 0 Å². The molecule has 1 heterocycles. The highest BCUT2D eigenvalue weighted by Crippen LogP contribution is 2.34. The largest absolute Gasteiger partial charge is 0.379 e. The summed E-state index contributed by atoms with van der Waals surface area (Å²) in [4.78, 5) is 15.2. The number of nitrogens with zero attached hydrogens (tertiary/aromatic N) is 1. The van der Waals surface area contributed by atoms with E-state index in [1.807, 2.05) is 36.4 Å². The predicted octanol–water partition coefficient (Wildman–Crippen LogP) is 2.89. The van der Waals surface area contributed by atoms with Crippen molar-refractivity contribution in [2.24, 2.45) is 0 Å². The van der Waals surface area contributed by atoms with Crippen molar-refractivity contribution < 1.29 is 9.53 Å². The van der Waals surface area contributed by atoms with Gasteiger partial charge in [0.1, 0.15) is 5.78 Å². The summed E-state index contributed by atoms with van der Waals surface area (Å²) >= 11 is 0. The number of carbonyl (C=O) groups excluding carboxylic acids is 1. The number of hydrogen-bond donors (Lipinski definition) is 0. The molecule has 0 spiro atoms. The van der Waals surface area contributed by atoms with Gasteiger partial charge < -0.3 is 4.74 Å². The molecule has 0 saturated carbocycles. The number of rotatable bonds is 5. The fraction of sp³-hybridized carbons (Fsp3) is 0.350. The number of benzene rings is 2. The Hall–Kier alpha value is -1.97. The average molecular weight is 309 g/mol. The van der Waals surface area contributed by atoms with E-state index in [2.05, 4.69) is 29.2 Å². The molecule has 1 aliphatic heterocycles. The van der Waals surface area contributed by atoms with Crippen molar-refractivity contribution in [1.29, 1.82) is 0 Å². The number of carbonyl (C=O) groups is 1. The van der Waals surface area contributed by atoms with Crippen molar-refractivity contribution >= 4 is 5.78 Å². The molecule has 0 N–H and O–H groups in total. The van der Waals surface area contributed by atoms with Crippen molar-refractivity contribution in [3.8, 4) is 0 Å². The van der Waals surface area contributed by atoms with Crippen LogP contribution in [0, 0.1) is 0 Å². The molecular formula is C20H23NO2. The van der Waals surface area contributed by atoms with E-state index in [1.54, 1.807) is 6.92 Å². The van der Waals surface area contributed by atoms with Gasteiger partial charge in [0.05, 0.1) is 18.6 Å². The molecule has 0 bridgehead atoms. The lowest BCUT2D eigenvalue weighted by molar-refractivity contribution is -0.122. The molecule has 120 valence electrons. The van der Waals surface area contributed by atoms with Gasteiger partial charge in [-0.15, -0.1) is 0 Å². The van der Waals surface area contributed by atoms with E-state index >= 15 is 0 Å². The monoisotopic (exact) mass is 309 g/mol. The Bertz CT molecular complexity index is 594. The highest BCUT2D eigenvalue weighted by Gasteiger charge is 2.40. The quantitative estimate of drug-likeness (QED) is 0.850. The van der Waals surface area contributed by atoms with Gasteiger partial charge in [-0.2, -0.15) is 0 Å². The van der Waals surface area contributed by atoms with E-state index in [0.29, 0.717) is 6.54 Å². The maximum atomic E-state index is 12.9. The van der Waals surface area contributed by atoms with Crippen molar-refractivity contribution in [3.63, 3.8) is 0 Å². The number of ketones is 1. The summed E-state index contributed by atoms with van der Waals surface area (Å²) in [5, 5.41) is 0. The van der Waals surface area contributed by atoms with Crippen LogP contribution in [-0.4, -0.2) is 43.5 Å². The lowest BCUT2D eigenvalue weighted by Gasteiger charge is -2.39. The summed E-state index contributed by atoms with van der Waals surface area (Å²) in [5.74, 6) is 0.182. The van der Waals surface area contributed by atoms with E-state index in [0.717, 1.165) is 37.4 Å². The van der Waals surface area contributed by atoms with Crippen LogP contribution in [0.5, 0.6) is 0 Å². The second-order valence-corrected chi connectivity index (χ2v) is 6.08. The number of hydrogen-bond acceptors (Lipinski definition) is 3. The van der Waals surface area contributed by atoms with Crippen LogP contribution < -0.4 is 0 Å². The van der Waals surface area contributed by atoms with E-state index in [1.165, 1.54) is 0 Å². The smallest absolute Gasteiger partial charge is 0.146 e. The predicted molar refractivity (Wildman–Crippen MR) is 91.6 cm³/mol. The highest BCUT2D eigenvalue weighted by atomic mass is 16.5. The van der Waals surface area contributed by atoms with Gasteiger partial charge in [0.15, 0.2) is 0 Å². The van der Waals surface area contributed by atoms with E-state index in [4.69, 9.17) is 4.74 Å². The summed E-state index contributed by atoms with van der Waals surface area (Å²) in [6.07, 6.45) is 0. The molecule has 0 aliphatic carbocycles. The first-order valence-corrected chi connectivity index (χ1v) is 8.16. The Kier molecular flexibility index (Phi) is 4.89. The minimum Gasteiger partial charge on any atom is -0.379 e. The van der Waals surface area contributed by atoms with Gasteiger partial charge in [-0.25, -0.2) is 0 Å². The summed E-state index contributed by atoms with van der Waals surface area (Å²) in [6.45, 7) is 5.61. The third-order valence-electron chi connectivity index (χ3n) is 4.70. The molecule has 0 amide bonds. The van der Waals surface area contributed by atoms with Crippen LogP contribution in [-0.2, 0) is 14.9 Å². The standard InChI is InChI=1S/C20H23NO2/c1-17(22)20(18-8-4-2-5-9-18,19-10-6-3-7-11-19)16-21-12-14-23-15-13-21/h2-11H,12-16H2,1H3. The molecule has 3 heteroatoms. The normalized spacial score (nSPS) is 16.2. The van der Waals surface area contributed by atoms with Crippen LogP contribution in [0.25, 0.3) is 0 Å². The molecule has 2 aromatic carbocycles. The first-order valence-electron chi connectivity index (χ1n) is 8.16. The van der Waals surface area contributed by atoms with Crippen LogP contribution in [0.4, 0.5) is 0 Å². The zero-order valence-electron chi connectivity index (χ0n) is 13.6. The van der Waals surface area contributed by atoms with Gasteiger partial charge in [-0.1, -0.05) is 60.7 Å². The number of ether oxygens (including phenoxy) is 1. The first-order chi connectivity index (χ1) is 11.2. The van der Waals surface area contributed by atoms with E-state index < -0.39 is 5.41 Å². The molecule has 0 aromatic heterocycles. The summed E-state index contributed by atoms with van der Waals surface area (Å²) in [6, 6.07) is 20.3. The van der Waals surface area contributed by atoms with Crippen molar-refractivity contribution in [2.75, 3.05) is 32.8 Å². The zero-order chi connectivity index (χ0) is 16.1. The minimum absolute atomic E-state index is 0.182. The minimum atomic E-state index is -0.625. The Morgan fingerprint density at radius 1 is 0.957 bits per heavy atom. The summed E-state index contributed by atoms with van der Waals surface area (Å²) in [7, 11) is 0. The molecule has 1 aliphatic rings. The average Bonchev–Trinajstić information content (AvgIpc) is 2.62. The molecule has 23 heavy (non-hydrogen) atoms. The molecule has 3 nitrogen and oxygen atoms in total. The molecule has 0 unspecified atom stereocenters. The summed E-state index contributed by atoms with van der Waals surface area (Å²) < 4.78 is 5.46. The van der Waals surface area contributed by atoms with Crippen LogP contribution >= 0.6 is 0 Å². The van der Waals surface area contributed by atoms with Crippen molar-refractivity contribution in [1.82, 2.24) is 4.90 Å². The molecule has 3 rings (SSSR count). The van der Waals surface area contributed by atoms with Gasteiger partial charge in [-0.3, -0.25) is 9.69 Å². The number of morpholine rings is 1. The Morgan fingerprint density at radius 3 is 1.87 bits per heavy atom. The van der Waals surface area contributed by atoms with Crippen molar-refractivity contribution in [2.45, 2.75) is 12.3 Å². The molecule has 2 aromatic rings. The van der Waals surface area contributed by atoms with Gasteiger partial charge >= 0.3 is 0 Å². The van der Waals surface area contributed by atoms with E-state index in [9.17, 15) is 4.79 Å². The molecular weight excluding hydrogens is 286 g/mol. The lowest BCUT2D eigenvalue weighted by atomic mass is 9.71. The molecule has 1 saturated heterocycles. The Labute approximate surface area is 137 Å². The van der Waals surface area contributed by atoms with E-state index in [-0.39, 0.29) is 5.78 Å². The maximum Gasteiger partial charge on any atom is 0.146 e. The van der Waals surface area contributed by atoms with Gasteiger partial charge in [0.2, 0.25) is 0 Å². The third kappa shape index (κ3) is 3.21. The highest BCUT2D eigenvalue weighted by molar-refractivity contribution is 5.92. The second kappa shape index (κ2) is 7.07. The second-order valence-electron chi connectivity index (χ2n) is 6.08. The molecule has 0 radical (unpaired) electrons. The zero-order valence-corrected chi connectivity index (χ0v) is 13.6. The van der Waals surface area contributed by atoms with Crippen LogP contribution in [0.3, 0.4) is 0 Å². The topological polar surface area (TPSA) is 29.5 Å². The molecule has 1 fully saturated rings. The first kappa shape index (κ1) is 15.9. The SMILES string of the molecule is CC(=O)C(CN1CCOCC1)(c1ccccc1)c1ccccc1. The third-order valence-corrected chi connectivity index (χ3v) is 4.70. The van der Waals surface area contributed by atoms with Crippen LogP contribution in [0.15, 0.2) is 60.7 Å². The van der Waals surface area contributed by atoms with Crippen molar-refractivity contribution in [3.05, 3.63) is 71.8 Å². The molecule has 0 atom stereocenters. The van der Waals surface area contributed by atoms with Gasteiger partial charge in [-0.05, 0) is 18.1 Å². The van der Waals surface area contributed by atoms with Crippen LogP contribution in [0.2, 0.25) is 0 Å². The Balaban J connectivity index is 2.08. The fourth-order valence-electron chi connectivity index (χ4n) is 3.41. The number of Topliss-reactive ketones (excluding diaryl/α,β-unsaturated/α-hetero) is 1.